The first kappa shape index (κ1) is 14.3. The van der Waals surface area contributed by atoms with Gasteiger partial charge in [-0.2, -0.15) is 0 Å². The Hall–Kier alpha value is -1.65. The van der Waals surface area contributed by atoms with Crippen LogP contribution >= 0.6 is 0 Å². The van der Waals surface area contributed by atoms with Gasteiger partial charge in [-0.1, -0.05) is 6.92 Å². The average Bonchev–Trinajstić information content (AvgIpc) is 2.56. The van der Waals surface area contributed by atoms with Gasteiger partial charge in [0.2, 0.25) is 5.95 Å². The third-order valence-electron chi connectivity index (χ3n) is 4.57. The monoisotopic (exact) mass is 288 g/mol. The molecule has 1 aromatic heterocycles. The molecule has 2 aliphatic heterocycles. The van der Waals surface area contributed by atoms with Crippen molar-refractivity contribution in [1.29, 1.82) is 0 Å². The number of hydrogen-bond donors (Lipinski definition) is 0. The van der Waals surface area contributed by atoms with Gasteiger partial charge in [0.25, 0.3) is 5.91 Å². The van der Waals surface area contributed by atoms with E-state index in [0.717, 1.165) is 44.9 Å². The molecule has 0 atom stereocenters. The Morgan fingerprint density at radius 1 is 1.14 bits per heavy atom. The first-order valence-electron chi connectivity index (χ1n) is 8.11. The van der Waals surface area contributed by atoms with Crippen LogP contribution in [0.2, 0.25) is 0 Å². The molecule has 0 spiro atoms. The molecule has 1 aromatic rings. The third-order valence-corrected chi connectivity index (χ3v) is 4.57. The van der Waals surface area contributed by atoms with Gasteiger partial charge in [0.15, 0.2) is 0 Å². The molecular formula is C16H24N4O. The van der Waals surface area contributed by atoms with E-state index in [9.17, 15) is 4.79 Å². The first-order valence-corrected chi connectivity index (χ1v) is 8.11. The Labute approximate surface area is 126 Å². The number of likely N-dealkylation sites (tertiary alicyclic amines) is 1. The SMILES string of the molecule is CC1CCN(c2nccc(C(=O)N3CCCCC3)n2)CC1. The van der Waals surface area contributed by atoms with E-state index < -0.39 is 0 Å². The summed E-state index contributed by atoms with van der Waals surface area (Å²) in [5.41, 5.74) is 0.542. The number of carbonyl (C=O) groups is 1. The van der Waals surface area contributed by atoms with Gasteiger partial charge in [0.1, 0.15) is 5.69 Å². The molecule has 114 valence electrons. The number of amides is 1. The van der Waals surface area contributed by atoms with Crippen LogP contribution in [0.3, 0.4) is 0 Å². The lowest BCUT2D eigenvalue weighted by molar-refractivity contribution is 0.0718. The lowest BCUT2D eigenvalue weighted by Crippen LogP contribution is -2.37. The summed E-state index contributed by atoms with van der Waals surface area (Å²) in [6.07, 6.45) is 7.50. The Morgan fingerprint density at radius 2 is 1.86 bits per heavy atom. The maximum Gasteiger partial charge on any atom is 0.272 e. The molecule has 3 heterocycles. The molecule has 0 saturated carbocycles. The highest BCUT2D eigenvalue weighted by Crippen LogP contribution is 2.20. The van der Waals surface area contributed by atoms with E-state index >= 15 is 0 Å². The molecule has 0 bridgehead atoms. The highest BCUT2D eigenvalue weighted by Gasteiger charge is 2.22. The van der Waals surface area contributed by atoms with Crippen molar-refractivity contribution < 1.29 is 4.79 Å². The van der Waals surface area contributed by atoms with Crippen molar-refractivity contribution in [2.75, 3.05) is 31.1 Å². The summed E-state index contributed by atoms with van der Waals surface area (Å²) in [7, 11) is 0. The maximum atomic E-state index is 12.5. The zero-order valence-corrected chi connectivity index (χ0v) is 12.8. The van der Waals surface area contributed by atoms with E-state index in [1.165, 1.54) is 19.3 Å². The van der Waals surface area contributed by atoms with Crippen LogP contribution < -0.4 is 4.90 Å². The number of anilines is 1. The van der Waals surface area contributed by atoms with Gasteiger partial charge in [-0.3, -0.25) is 4.79 Å². The number of piperidine rings is 2. The Kier molecular flexibility index (Phi) is 4.36. The van der Waals surface area contributed by atoms with Gasteiger partial charge >= 0.3 is 0 Å². The molecule has 1 amide bonds. The van der Waals surface area contributed by atoms with Gasteiger partial charge in [0.05, 0.1) is 0 Å². The number of carbonyl (C=O) groups excluding carboxylic acids is 1. The summed E-state index contributed by atoms with van der Waals surface area (Å²) < 4.78 is 0. The standard InChI is InChI=1S/C16H24N4O/c1-13-6-11-20(12-7-13)16-17-8-5-14(18-16)15(21)19-9-3-2-4-10-19/h5,8,13H,2-4,6-7,9-12H2,1H3. The second kappa shape index (κ2) is 6.41. The Bertz CT molecular complexity index is 491. The number of nitrogens with zero attached hydrogens (tertiary/aromatic N) is 4. The van der Waals surface area contributed by atoms with Crippen LogP contribution in [0.15, 0.2) is 12.3 Å². The maximum absolute atomic E-state index is 12.5. The molecule has 2 fully saturated rings. The highest BCUT2D eigenvalue weighted by molar-refractivity contribution is 5.92. The molecule has 2 aliphatic rings. The summed E-state index contributed by atoms with van der Waals surface area (Å²) in [5, 5.41) is 0. The van der Waals surface area contributed by atoms with Crippen LogP contribution in [0.5, 0.6) is 0 Å². The minimum Gasteiger partial charge on any atom is -0.341 e. The molecule has 21 heavy (non-hydrogen) atoms. The summed E-state index contributed by atoms with van der Waals surface area (Å²) in [5.74, 6) is 1.55. The molecule has 5 heteroatoms. The van der Waals surface area contributed by atoms with Crippen LogP contribution in [0.25, 0.3) is 0 Å². The van der Waals surface area contributed by atoms with E-state index in [1.807, 2.05) is 4.90 Å². The summed E-state index contributed by atoms with van der Waals surface area (Å²) in [4.78, 5) is 25.5. The number of hydrogen-bond acceptors (Lipinski definition) is 4. The molecule has 3 rings (SSSR count). The lowest BCUT2D eigenvalue weighted by Gasteiger charge is -2.30. The zero-order chi connectivity index (χ0) is 14.7. The van der Waals surface area contributed by atoms with Crippen LogP contribution in [0.1, 0.15) is 49.5 Å². The predicted octanol–water partition coefficient (Wildman–Crippen LogP) is 2.34. The molecule has 5 nitrogen and oxygen atoms in total. The highest BCUT2D eigenvalue weighted by atomic mass is 16.2. The van der Waals surface area contributed by atoms with Gasteiger partial charge in [-0.25, -0.2) is 9.97 Å². The van der Waals surface area contributed by atoms with Crippen molar-refractivity contribution in [2.24, 2.45) is 5.92 Å². The quantitative estimate of drug-likeness (QED) is 0.838. The molecular weight excluding hydrogens is 264 g/mol. The predicted molar refractivity (Wildman–Crippen MR) is 82.4 cm³/mol. The minimum absolute atomic E-state index is 0.0590. The van der Waals surface area contributed by atoms with Gasteiger partial charge in [-0.05, 0) is 44.1 Å². The summed E-state index contributed by atoms with van der Waals surface area (Å²) >= 11 is 0. The third kappa shape index (κ3) is 3.34. The second-order valence-corrected chi connectivity index (χ2v) is 6.26. The minimum atomic E-state index is 0.0590. The molecule has 0 radical (unpaired) electrons. The van der Waals surface area contributed by atoms with Crippen molar-refractivity contribution in [3.8, 4) is 0 Å². The van der Waals surface area contributed by atoms with Crippen LogP contribution in [-0.4, -0.2) is 47.0 Å². The fourth-order valence-electron chi connectivity index (χ4n) is 3.09. The first-order chi connectivity index (χ1) is 10.2. The van der Waals surface area contributed by atoms with Crippen molar-refractivity contribution >= 4 is 11.9 Å². The molecule has 0 aliphatic carbocycles. The topological polar surface area (TPSA) is 49.3 Å². The average molecular weight is 288 g/mol. The van der Waals surface area contributed by atoms with E-state index in [2.05, 4.69) is 21.8 Å². The van der Waals surface area contributed by atoms with E-state index in [1.54, 1.807) is 12.3 Å². The van der Waals surface area contributed by atoms with E-state index in [0.29, 0.717) is 11.6 Å². The second-order valence-electron chi connectivity index (χ2n) is 6.26. The Balaban J connectivity index is 1.71. The fourth-order valence-corrected chi connectivity index (χ4v) is 3.09. The van der Waals surface area contributed by atoms with Crippen LogP contribution in [0, 0.1) is 5.92 Å². The van der Waals surface area contributed by atoms with Gasteiger partial charge in [0, 0.05) is 32.4 Å². The van der Waals surface area contributed by atoms with Crippen LogP contribution in [-0.2, 0) is 0 Å². The van der Waals surface area contributed by atoms with Crippen molar-refractivity contribution in [3.05, 3.63) is 18.0 Å². The van der Waals surface area contributed by atoms with E-state index in [-0.39, 0.29) is 5.91 Å². The largest absolute Gasteiger partial charge is 0.341 e. The molecule has 0 N–H and O–H groups in total. The van der Waals surface area contributed by atoms with Crippen molar-refractivity contribution in [2.45, 2.75) is 39.0 Å². The molecule has 2 saturated heterocycles. The molecule has 0 aromatic carbocycles. The Morgan fingerprint density at radius 3 is 2.57 bits per heavy atom. The summed E-state index contributed by atoms with van der Waals surface area (Å²) in [6.45, 7) is 5.98. The number of aromatic nitrogens is 2. The van der Waals surface area contributed by atoms with Gasteiger partial charge < -0.3 is 9.80 Å². The zero-order valence-electron chi connectivity index (χ0n) is 12.8. The van der Waals surface area contributed by atoms with E-state index in [4.69, 9.17) is 0 Å². The van der Waals surface area contributed by atoms with Crippen LogP contribution in [0.4, 0.5) is 5.95 Å². The molecule has 0 unspecified atom stereocenters. The van der Waals surface area contributed by atoms with Gasteiger partial charge in [-0.15, -0.1) is 0 Å². The van der Waals surface area contributed by atoms with Crippen molar-refractivity contribution in [3.63, 3.8) is 0 Å². The van der Waals surface area contributed by atoms with Crippen molar-refractivity contribution in [1.82, 2.24) is 14.9 Å². The number of rotatable bonds is 2. The normalized spacial score (nSPS) is 20.6. The summed E-state index contributed by atoms with van der Waals surface area (Å²) in [6, 6.07) is 1.74. The fraction of sp³-hybridized carbons (Fsp3) is 0.688. The lowest BCUT2D eigenvalue weighted by atomic mass is 10.00. The smallest absolute Gasteiger partial charge is 0.272 e.